The van der Waals surface area contributed by atoms with Gasteiger partial charge in [0.1, 0.15) is 0 Å². The highest BCUT2D eigenvalue weighted by atomic mass is 19.4. The number of alkyl halides is 6. The molecule has 0 atom stereocenters. The van der Waals surface area contributed by atoms with Crippen molar-refractivity contribution in [1.29, 1.82) is 0 Å². The summed E-state index contributed by atoms with van der Waals surface area (Å²) in [6.45, 7) is 9.04. The first-order chi connectivity index (χ1) is 29.9. The van der Waals surface area contributed by atoms with E-state index in [2.05, 4.69) is 23.6 Å². The van der Waals surface area contributed by atoms with Crippen LogP contribution in [0.15, 0.2) is 0 Å². The Bertz CT molecular complexity index is 908. The molecule has 0 bridgehead atoms. The minimum absolute atomic E-state index is 0.0221. The molecule has 0 aromatic heterocycles. The molecular formula is C50H96F6N4O2. The van der Waals surface area contributed by atoms with Crippen molar-refractivity contribution in [1.82, 2.24) is 20.4 Å². The Labute approximate surface area is 377 Å². The first kappa shape index (κ1) is 60.4. The topological polar surface area (TPSA) is 64.7 Å². The lowest BCUT2D eigenvalue weighted by atomic mass is 10.0. The molecule has 0 aliphatic rings. The summed E-state index contributed by atoms with van der Waals surface area (Å²) in [5, 5.41) is 3.99. The monoisotopic (exact) mass is 899 g/mol. The van der Waals surface area contributed by atoms with Gasteiger partial charge in [-0.2, -0.15) is 26.3 Å². The number of nitrogens with zero attached hydrogens (tertiary/aromatic N) is 2. The van der Waals surface area contributed by atoms with E-state index in [1.165, 1.54) is 180 Å². The first-order valence-electron chi connectivity index (χ1n) is 26.1. The van der Waals surface area contributed by atoms with E-state index >= 15 is 0 Å². The number of hydrogen-bond donors (Lipinski definition) is 2. The molecule has 6 nitrogen and oxygen atoms in total. The lowest BCUT2D eigenvalue weighted by Crippen LogP contribution is -2.38. The second-order valence-corrected chi connectivity index (χ2v) is 18.2. The van der Waals surface area contributed by atoms with Crippen LogP contribution in [0.5, 0.6) is 0 Å². The Balaban J connectivity index is 4.61. The average Bonchev–Trinajstić information content (AvgIpc) is 3.23. The maximum atomic E-state index is 12.7. The average molecular weight is 899 g/mol. The van der Waals surface area contributed by atoms with E-state index in [-0.39, 0.29) is 13.1 Å². The van der Waals surface area contributed by atoms with Crippen LogP contribution in [0.4, 0.5) is 26.3 Å². The summed E-state index contributed by atoms with van der Waals surface area (Å²) >= 11 is 0. The Kier molecular flexibility index (Phi) is 42.2. The highest BCUT2D eigenvalue weighted by Gasteiger charge is 2.38. The van der Waals surface area contributed by atoms with Crippen molar-refractivity contribution < 1.29 is 35.9 Å². The van der Waals surface area contributed by atoms with E-state index in [0.717, 1.165) is 64.7 Å². The van der Waals surface area contributed by atoms with Gasteiger partial charge >= 0.3 is 24.2 Å². The number of rotatable bonds is 47. The van der Waals surface area contributed by atoms with E-state index in [9.17, 15) is 35.9 Å². The van der Waals surface area contributed by atoms with Gasteiger partial charge in [-0.05, 0) is 77.8 Å². The maximum Gasteiger partial charge on any atom is 0.471 e. The predicted molar refractivity (Wildman–Crippen MR) is 249 cm³/mol. The summed E-state index contributed by atoms with van der Waals surface area (Å²) in [6, 6.07) is 0. The second kappa shape index (κ2) is 43.3. The van der Waals surface area contributed by atoms with Crippen LogP contribution in [-0.4, -0.2) is 86.3 Å². The lowest BCUT2D eigenvalue weighted by molar-refractivity contribution is -0.173. The maximum absolute atomic E-state index is 12.7. The fraction of sp³-hybridized carbons (Fsp3) is 0.960. The number of hydrogen-bond acceptors (Lipinski definition) is 4. The number of amides is 2. The molecule has 12 heteroatoms. The number of halogens is 6. The standard InChI is InChI=1S/C50H96F6N4O2/c1-3-5-7-9-11-13-15-17-19-21-23-25-27-29-31-33-41-59(45-37-39-57-47(61)49(51,52)53)43-35-36-44-60(46-38-40-58-48(62)50(54,55)56)42-34-32-30-28-26-24-22-20-18-16-14-12-10-8-6-4-2/h3-46H2,1-2H3,(H,57,61)(H,58,62). The van der Waals surface area contributed by atoms with Gasteiger partial charge in [-0.25, -0.2) is 0 Å². The van der Waals surface area contributed by atoms with Crippen molar-refractivity contribution in [3.8, 4) is 0 Å². The molecule has 0 fully saturated rings. The van der Waals surface area contributed by atoms with Gasteiger partial charge in [-0.1, -0.05) is 206 Å². The van der Waals surface area contributed by atoms with Crippen molar-refractivity contribution in [2.75, 3.05) is 52.4 Å². The predicted octanol–water partition coefficient (Wildman–Crippen LogP) is 15.0. The van der Waals surface area contributed by atoms with Crippen LogP contribution in [0, 0.1) is 0 Å². The molecule has 0 heterocycles. The second-order valence-electron chi connectivity index (χ2n) is 18.2. The molecular weight excluding hydrogens is 803 g/mol. The van der Waals surface area contributed by atoms with E-state index in [1.54, 1.807) is 0 Å². The molecule has 0 unspecified atom stereocenters. The van der Waals surface area contributed by atoms with Crippen LogP contribution >= 0.6 is 0 Å². The summed E-state index contributed by atoms with van der Waals surface area (Å²) < 4.78 is 76.1. The van der Waals surface area contributed by atoms with E-state index in [4.69, 9.17) is 0 Å². The van der Waals surface area contributed by atoms with Crippen molar-refractivity contribution in [2.24, 2.45) is 0 Å². The van der Waals surface area contributed by atoms with Crippen LogP contribution in [0.3, 0.4) is 0 Å². The molecule has 0 aliphatic heterocycles. The molecule has 2 N–H and O–H groups in total. The normalized spacial score (nSPS) is 12.2. The van der Waals surface area contributed by atoms with Gasteiger partial charge in [-0.15, -0.1) is 0 Å². The summed E-state index contributed by atoms with van der Waals surface area (Å²) in [7, 11) is 0. The Morgan fingerprint density at radius 2 is 0.484 bits per heavy atom. The highest BCUT2D eigenvalue weighted by molar-refractivity contribution is 5.81. The number of carbonyl (C=O) groups excluding carboxylic acids is 2. The van der Waals surface area contributed by atoms with Crippen LogP contribution in [0.1, 0.15) is 245 Å². The van der Waals surface area contributed by atoms with Crippen molar-refractivity contribution in [3.63, 3.8) is 0 Å². The largest absolute Gasteiger partial charge is 0.471 e. The van der Waals surface area contributed by atoms with E-state index in [1.807, 2.05) is 10.6 Å². The minimum Gasteiger partial charge on any atom is -0.348 e. The molecule has 0 radical (unpaired) electrons. The van der Waals surface area contributed by atoms with Gasteiger partial charge in [0.2, 0.25) is 0 Å². The Morgan fingerprint density at radius 1 is 0.306 bits per heavy atom. The Hall–Kier alpha value is -1.56. The van der Waals surface area contributed by atoms with Gasteiger partial charge in [-0.3, -0.25) is 9.59 Å². The molecule has 370 valence electrons. The van der Waals surface area contributed by atoms with Crippen molar-refractivity contribution in [2.45, 2.75) is 257 Å². The molecule has 0 spiro atoms. The molecule has 0 aromatic carbocycles. The van der Waals surface area contributed by atoms with Crippen LogP contribution < -0.4 is 10.6 Å². The van der Waals surface area contributed by atoms with Crippen LogP contribution in [-0.2, 0) is 9.59 Å². The van der Waals surface area contributed by atoms with E-state index < -0.39 is 24.2 Å². The quantitative estimate of drug-likeness (QED) is 0.0472. The smallest absolute Gasteiger partial charge is 0.348 e. The van der Waals surface area contributed by atoms with Crippen LogP contribution in [0.25, 0.3) is 0 Å². The SMILES string of the molecule is CCCCCCCCCCCCCCCCCCN(CCCCN(CCCCCCCCCCCCCCCCCC)CCCNC(=O)C(F)(F)F)CCCNC(=O)C(F)(F)F. The number of nitrogens with one attached hydrogen (secondary N) is 2. The molecule has 0 saturated heterocycles. The summed E-state index contributed by atoms with van der Waals surface area (Å²) in [6.07, 6.45) is 34.3. The number of carbonyl (C=O) groups is 2. The molecule has 0 rings (SSSR count). The van der Waals surface area contributed by atoms with Gasteiger partial charge in [0, 0.05) is 13.1 Å². The zero-order valence-corrected chi connectivity index (χ0v) is 40.1. The molecule has 2 amide bonds. The summed E-state index contributed by atoms with van der Waals surface area (Å²) in [5.41, 5.74) is 0. The molecule has 0 saturated carbocycles. The zero-order valence-electron chi connectivity index (χ0n) is 40.1. The zero-order chi connectivity index (χ0) is 45.8. The summed E-state index contributed by atoms with van der Waals surface area (Å²) in [5.74, 6) is -3.80. The fourth-order valence-corrected chi connectivity index (χ4v) is 8.32. The highest BCUT2D eigenvalue weighted by Crippen LogP contribution is 2.18. The first-order valence-corrected chi connectivity index (χ1v) is 26.1. The third kappa shape index (κ3) is 42.4. The third-order valence-corrected chi connectivity index (χ3v) is 12.2. The van der Waals surface area contributed by atoms with Crippen LogP contribution in [0.2, 0.25) is 0 Å². The molecule has 0 aliphatic carbocycles. The van der Waals surface area contributed by atoms with Crippen molar-refractivity contribution >= 4 is 11.8 Å². The molecule has 0 aromatic rings. The third-order valence-electron chi connectivity index (χ3n) is 12.2. The van der Waals surface area contributed by atoms with Gasteiger partial charge in [0.05, 0.1) is 0 Å². The van der Waals surface area contributed by atoms with Gasteiger partial charge in [0.25, 0.3) is 0 Å². The van der Waals surface area contributed by atoms with E-state index in [0.29, 0.717) is 25.9 Å². The minimum atomic E-state index is -4.88. The molecule has 62 heavy (non-hydrogen) atoms. The summed E-state index contributed by atoms with van der Waals surface area (Å²) in [4.78, 5) is 27.2. The van der Waals surface area contributed by atoms with Gasteiger partial charge < -0.3 is 20.4 Å². The Morgan fingerprint density at radius 3 is 0.694 bits per heavy atom. The van der Waals surface area contributed by atoms with Crippen molar-refractivity contribution in [3.05, 3.63) is 0 Å². The number of unbranched alkanes of at least 4 members (excludes halogenated alkanes) is 31. The fourth-order valence-electron chi connectivity index (χ4n) is 8.32. The lowest BCUT2D eigenvalue weighted by Gasteiger charge is -2.25. The van der Waals surface area contributed by atoms with Gasteiger partial charge in [0.15, 0.2) is 0 Å².